The first kappa shape index (κ1) is 22.5. The Kier molecular flexibility index (Phi) is 6.15. The van der Waals surface area contributed by atoms with E-state index in [0.717, 1.165) is 27.0 Å². The lowest BCUT2D eigenvalue weighted by atomic mass is 9.97. The van der Waals surface area contributed by atoms with E-state index in [4.69, 9.17) is 9.47 Å². The molecule has 1 atom stereocenters. The highest BCUT2D eigenvalue weighted by Gasteiger charge is 2.28. The fourth-order valence-electron chi connectivity index (χ4n) is 3.91. The summed E-state index contributed by atoms with van der Waals surface area (Å²) in [4.78, 5) is 22.8. The molecule has 1 N–H and O–H groups in total. The summed E-state index contributed by atoms with van der Waals surface area (Å²) in [5.41, 5.74) is 6.11. The van der Waals surface area contributed by atoms with Gasteiger partial charge in [0, 0.05) is 48.4 Å². The highest BCUT2D eigenvalue weighted by atomic mass is 32.1. The first-order chi connectivity index (χ1) is 17.1. The molecule has 0 aliphatic heterocycles. The number of benzene rings is 2. The Bertz CT molecular complexity index is 1490. The third kappa shape index (κ3) is 4.58. The van der Waals surface area contributed by atoms with Crippen molar-refractivity contribution in [1.82, 2.24) is 19.7 Å². The molecule has 1 unspecified atom stereocenters. The molecule has 5 aromatic rings. The minimum Gasteiger partial charge on any atom is -0.497 e. The number of fused-ring (bicyclic) bond motifs is 1. The molecule has 35 heavy (non-hydrogen) atoms. The Balaban J connectivity index is 1.57. The number of nitrogens with one attached hydrogen (secondary N) is 1. The maximum atomic E-state index is 14.0. The van der Waals surface area contributed by atoms with Crippen LogP contribution >= 0.6 is 11.3 Å². The van der Waals surface area contributed by atoms with Crippen molar-refractivity contribution in [1.29, 1.82) is 0 Å². The van der Waals surface area contributed by atoms with Gasteiger partial charge in [-0.25, -0.2) is 9.97 Å². The van der Waals surface area contributed by atoms with Crippen LogP contribution in [-0.2, 0) is 7.05 Å². The Morgan fingerprint density at radius 2 is 1.94 bits per heavy atom. The molecule has 5 rings (SSSR count). The Labute approximate surface area is 206 Å². The molecule has 3 heterocycles. The molecular formula is C26H23N5O3S. The van der Waals surface area contributed by atoms with E-state index in [0.29, 0.717) is 22.9 Å². The van der Waals surface area contributed by atoms with Gasteiger partial charge in [-0.05, 0) is 35.9 Å². The second-order valence-corrected chi connectivity index (χ2v) is 8.79. The predicted molar refractivity (Wildman–Crippen MR) is 136 cm³/mol. The van der Waals surface area contributed by atoms with Gasteiger partial charge in [-0.2, -0.15) is 5.10 Å². The third-order valence-corrected chi connectivity index (χ3v) is 6.46. The van der Waals surface area contributed by atoms with Crippen LogP contribution in [0.3, 0.4) is 0 Å². The zero-order chi connectivity index (χ0) is 24.4. The maximum Gasteiger partial charge on any atom is 0.212 e. The van der Waals surface area contributed by atoms with Crippen molar-refractivity contribution >= 4 is 33.0 Å². The number of Topliss-reactive ketones (excluding diaryl/α,β-unsaturated/α-hetero) is 1. The summed E-state index contributed by atoms with van der Waals surface area (Å²) < 4.78 is 13.3. The second kappa shape index (κ2) is 9.55. The molecule has 0 saturated carbocycles. The molecule has 0 saturated heterocycles. The molecule has 0 aliphatic rings. The number of aromatic nitrogens is 4. The molecule has 0 fully saturated rings. The van der Waals surface area contributed by atoms with Gasteiger partial charge in [0.25, 0.3) is 0 Å². The molecule has 2 aromatic carbocycles. The Hall–Kier alpha value is -4.24. The monoisotopic (exact) mass is 485 g/mol. The van der Waals surface area contributed by atoms with Gasteiger partial charge in [0.15, 0.2) is 0 Å². The lowest BCUT2D eigenvalue weighted by Crippen LogP contribution is -2.22. The normalized spacial score (nSPS) is 11.9. The number of carbonyl (C=O) groups excluding carboxylic acids is 1. The quantitative estimate of drug-likeness (QED) is 0.304. The molecule has 0 spiro atoms. The number of anilines is 1. The molecular weight excluding hydrogens is 462 g/mol. The zero-order valence-electron chi connectivity index (χ0n) is 19.4. The molecule has 176 valence electrons. The number of pyridine rings is 1. The van der Waals surface area contributed by atoms with Crippen LogP contribution in [0.5, 0.6) is 11.6 Å². The van der Waals surface area contributed by atoms with E-state index in [9.17, 15) is 4.79 Å². The van der Waals surface area contributed by atoms with Crippen LogP contribution in [0.1, 0.15) is 22.1 Å². The van der Waals surface area contributed by atoms with Crippen molar-refractivity contribution in [2.45, 2.75) is 6.04 Å². The van der Waals surface area contributed by atoms with Crippen LogP contribution in [0, 0.1) is 0 Å². The van der Waals surface area contributed by atoms with Crippen LogP contribution < -0.4 is 14.8 Å². The Morgan fingerprint density at radius 1 is 1.06 bits per heavy atom. The van der Waals surface area contributed by atoms with Gasteiger partial charge in [0.2, 0.25) is 11.7 Å². The predicted octanol–water partition coefficient (Wildman–Crippen LogP) is 5.15. The van der Waals surface area contributed by atoms with Crippen LogP contribution in [0.15, 0.2) is 72.5 Å². The standard InChI is InChI=1S/C26H23N5O3S/c1-31-14-20(16-7-9-22-21(11-16)28-15-35-22)25(30-31)26(32)24(17-8-10-23(34-3)27-13-17)29-18-5-4-6-19(12-18)33-2/h4-15,24,29H,1-3H3. The van der Waals surface area contributed by atoms with E-state index in [1.165, 1.54) is 0 Å². The van der Waals surface area contributed by atoms with Gasteiger partial charge in [0.1, 0.15) is 17.5 Å². The number of nitrogens with zero attached hydrogens (tertiary/aromatic N) is 4. The number of aryl methyl sites for hydroxylation is 1. The SMILES string of the molecule is COc1cccc(NC(C(=O)c2nn(C)cc2-c2ccc3scnc3c2)c2ccc(OC)nc2)c1. The van der Waals surface area contributed by atoms with Crippen LogP contribution in [0.2, 0.25) is 0 Å². The van der Waals surface area contributed by atoms with Gasteiger partial charge in [-0.15, -0.1) is 11.3 Å². The molecule has 0 amide bonds. The van der Waals surface area contributed by atoms with Crippen molar-refractivity contribution < 1.29 is 14.3 Å². The highest BCUT2D eigenvalue weighted by Crippen LogP contribution is 2.32. The molecule has 0 bridgehead atoms. The average molecular weight is 486 g/mol. The van der Waals surface area contributed by atoms with E-state index in [-0.39, 0.29) is 5.78 Å². The van der Waals surface area contributed by atoms with E-state index < -0.39 is 6.04 Å². The summed E-state index contributed by atoms with van der Waals surface area (Å²) in [5.74, 6) is 0.967. The van der Waals surface area contributed by atoms with Crippen LogP contribution in [0.25, 0.3) is 21.3 Å². The zero-order valence-corrected chi connectivity index (χ0v) is 20.2. The molecule has 0 aliphatic carbocycles. The van der Waals surface area contributed by atoms with Crippen molar-refractivity contribution in [2.75, 3.05) is 19.5 Å². The number of thiazole rings is 1. The number of methoxy groups -OCH3 is 2. The lowest BCUT2D eigenvalue weighted by molar-refractivity contribution is 0.0964. The van der Waals surface area contributed by atoms with E-state index in [1.54, 1.807) is 49.5 Å². The smallest absolute Gasteiger partial charge is 0.212 e. The summed E-state index contributed by atoms with van der Waals surface area (Å²) >= 11 is 1.58. The van der Waals surface area contributed by atoms with Crippen molar-refractivity contribution in [3.8, 4) is 22.8 Å². The lowest BCUT2D eigenvalue weighted by Gasteiger charge is -2.19. The first-order valence-electron chi connectivity index (χ1n) is 10.9. The number of carbonyl (C=O) groups is 1. The minimum absolute atomic E-state index is 0.186. The fraction of sp³-hybridized carbons (Fsp3) is 0.154. The van der Waals surface area contributed by atoms with E-state index >= 15 is 0 Å². The van der Waals surface area contributed by atoms with Crippen LogP contribution in [0.4, 0.5) is 5.69 Å². The minimum atomic E-state index is -0.739. The van der Waals surface area contributed by atoms with E-state index in [2.05, 4.69) is 20.4 Å². The highest BCUT2D eigenvalue weighted by molar-refractivity contribution is 7.16. The second-order valence-electron chi connectivity index (χ2n) is 7.91. The van der Waals surface area contributed by atoms with Gasteiger partial charge in [-0.3, -0.25) is 9.48 Å². The molecule has 8 nitrogen and oxygen atoms in total. The van der Waals surface area contributed by atoms with Crippen molar-refractivity contribution in [2.24, 2.45) is 7.05 Å². The fourth-order valence-corrected chi connectivity index (χ4v) is 4.57. The van der Waals surface area contributed by atoms with Gasteiger partial charge >= 0.3 is 0 Å². The number of ketones is 1. The topological polar surface area (TPSA) is 91.2 Å². The number of hydrogen-bond acceptors (Lipinski definition) is 8. The third-order valence-electron chi connectivity index (χ3n) is 5.65. The van der Waals surface area contributed by atoms with Gasteiger partial charge < -0.3 is 14.8 Å². The summed E-state index contributed by atoms with van der Waals surface area (Å²) in [6.07, 6.45) is 3.49. The Morgan fingerprint density at radius 3 is 2.71 bits per heavy atom. The van der Waals surface area contributed by atoms with Crippen molar-refractivity contribution in [3.63, 3.8) is 0 Å². The van der Waals surface area contributed by atoms with Crippen molar-refractivity contribution in [3.05, 3.63) is 83.8 Å². The summed E-state index contributed by atoms with van der Waals surface area (Å²) in [6.45, 7) is 0. The molecule has 9 heteroatoms. The number of rotatable bonds is 8. The largest absolute Gasteiger partial charge is 0.497 e. The van der Waals surface area contributed by atoms with Gasteiger partial charge in [-0.1, -0.05) is 12.1 Å². The van der Waals surface area contributed by atoms with Gasteiger partial charge in [0.05, 0.1) is 29.9 Å². The summed E-state index contributed by atoms with van der Waals surface area (Å²) in [5, 5.41) is 7.90. The first-order valence-corrected chi connectivity index (χ1v) is 11.8. The molecule has 0 radical (unpaired) electrons. The van der Waals surface area contributed by atoms with E-state index in [1.807, 2.05) is 60.2 Å². The van der Waals surface area contributed by atoms with Crippen LogP contribution in [-0.4, -0.2) is 39.8 Å². The number of hydrogen-bond donors (Lipinski definition) is 1. The maximum absolute atomic E-state index is 14.0. The average Bonchev–Trinajstić information content (AvgIpc) is 3.53. The number of ether oxygens (including phenoxy) is 2. The summed E-state index contributed by atoms with van der Waals surface area (Å²) in [6, 6.07) is 16.3. The molecule has 3 aromatic heterocycles. The summed E-state index contributed by atoms with van der Waals surface area (Å²) in [7, 11) is 4.97.